The molecule has 0 aliphatic heterocycles. The van der Waals surface area contributed by atoms with Crippen molar-refractivity contribution >= 4 is 15.9 Å². The Balaban J connectivity index is 3.03. The van der Waals surface area contributed by atoms with Gasteiger partial charge in [0.2, 0.25) is 0 Å². The zero-order chi connectivity index (χ0) is 12.5. The van der Waals surface area contributed by atoms with Gasteiger partial charge in [0.05, 0.1) is 15.9 Å². The third kappa shape index (κ3) is 2.48. The maximum Gasteiger partial charge on any atom is 0.0738 e. The van der Waals surface area contributed by atoms with Gasteiger partial charge in [-0.25, -0.2) is 0 Å². The highest BCUT2D eigenvalue weighted by Crippen LogP contribution is 2.28. The Bertz CT molecular complexity index is 371. The van der Waals surface area contributed by atoms with E-state index >= 15 is 0 Å². The highest BCUT2D eigenvalue weighted by molar-refractivity contribution is 9.10. The SMILES string of the molecule is CCC(N)(Cc1c(Br)c(C)nn1C)C(C)C. The van der Waals surface area contributed by atoms with Crippen molar-refractivity contribution in [3.05, 3.63) is 15.9 Å². The standard InChI is InChI=1S/C12H22BrN3/c1-6-12(14,8(2)3)7-10-11(13)9(4)15-16(10)5/h8H,6-7,14H2,1-5H3. The topological polar surface area (TPSA) is 43.8 Å². The van der Waals surface area contributed by atoms with Gasteiger partial charge in [-0.3, -0.25) is 4.68 Å². The van der Waals surface area contributed by atoms with E-state index in [0.717, 1.165) is 23.0 Å². The molecule has 1 rings (SSSR count). The Labute approximate surface area is 107 Å². The van der Waals surface area contributed by atoms with Gasteiger partial charge in [-0.15, -0.1) is 0 Å². The minimum Gasteiger partial charge on any atom is -0.325 e. The van der Waals surface area contributed by atoms with E-state index < -0.39 is 0 Å². The molecular formula is C12H22BrN3. The maximum absolute atomic E-state index is 6.46. The minimum atomic E-state index is -0.150. The zero-order valence-corrected chi connectivity index (χ0v) is 12.4. The maximum atomic E-state index is 6.46. The lowest BCUT2D eigenvalue weighted by Gasteiger charge is -2.32. The Morgan fingerprint density at radius 3 is 2.38 bits per heavy atom. The molecule has 2 N–H and O–H groups in total. The van der Waals surface area contributed by atoms with Gasteiger partial charge in [-0.2, -0.15) is 5.10 Å². The van der Waals surface area contributed by atoms with E-state index in [1.54, 1.807) is 0 Å². The van der Waals surface area contributed by atoms with E-state index in [9.17, 15) is 0 Å². The number of aromatic nitrogens is 2. The molecule has 0 aliphatic carbocycles. The molecule has 1 aromatic rings. The van der Waals surface area contributed by atoms with Gasteiger partial charge in [0.1, 0.15) is 0 Å². The van der Waals surface area contributed by atoms with E-state index in [1.807, 2.05) is 18.7 Å². The van der Waals surface area contributed by atoms with Crippen LogP contribution in [0.1, 0.15) is 38.6 Å². The minimum absolute atomic E-state index is 0.150. The first-order chi connectivity index (χ1) is 7.31. The fourth-order valence-electron chi connectivity index (χ4n) is 1.92. The quantitative estimate of drug-likeness (QED) is 0.926. The lowest BCUT2D eigenvalue weighted by atomic mass is 9.81. The summed E-state index contributed by atoms with van der Waals surface area (Å²) >= 11 is 3.59. The van der Waals surface area contributed by atoms with Crippen LogP contribution in [-0.2, 0) is 13.5 Å². The Hall–Kier alpha value is -0.350. The molecule has 92 valence electrons. The predicted octanol–water partition coefficient (Wildman–Crippen LogP) is 2.80. The molecule has 0 bridgehead atoms. The summed E-state index contributed by atoms with van der Waals surface area (Å²) in [7, 11) is 1.98. The summed E-state index contributed by atoms with van der Waals surface area (Å²) in [5.74, 6) is 0.458. The van der Waals surface area contributed by atoms with Crippen molar-refractivity contribution in [2.75, 3.05) is 0 Å². The van der Waals surface area contributed by atoms with Crippen molar-refractivity contribution in [2.45, 2.75) is 46.1 Å². The molecule has 16 heavy (non-hydrogen) atoms. The first kappa shape index (κ1) is 13.7. The second-order valence-electron chi connectivity index (χ2n) is 4.89. The van der Waals surface area contributed by atoms with E-state index in [0.29, 0.717) is 5.92 Å². The molecule has 0 spiro atoms. The zero-order valence-electron chi connectivity index (χ0n) is 10.8. The van der Waals surface area contributed by atoms with E-state index in [-0.39, 0.29) is 5.54 Å². The van der Waals surface area contributed by atoms with Crippen LogP contribution in [0.15, 0.2) is 4.47 Å². The molecule has 0 radical (unpaired) electrons. The average Bonchev–Trinajstić information content (AvgIpc) is 2.44. The van der Waals surface area contributed by atoms with Gasteiger partial charge in [0.15, 0.2) is 0 Å². The molecule has 1 unspecified atom stereocenters. The molecule has 0 fully saturated rings. The smallest absolute Gasteiger partial charge is 0.0738 e. The second-order valence-corrected chi connectivity index (χ2v) is 5.68. The lowest BCUT2D eigenvalue weighted by molar-refractivity contribution is 0.290. The normalized spacial score (nSPS) is 15.5. The van der Waals surface area contributed by atoms with Gasteiger partial charge in [-0.05, 0) is 35.2 Å². The largest absolute Gasteiger partial charge is 0.325 e. The summed E-state index contributed by atoms with van der Waals surface area (Å²) in [5.41, 5.74) is 8.52. The highest BCUT2D eigenvalue weighted by atomic mass is 79.9. The average molecular weight is 288 g/mol. The fourth-order valence-corrected chi connectivity index (χ4v) is 2.40. The van der Waals surface area contributed by atoms with Crippen LogP contribution in [0.3, 0.4) is 0 Å². The number of nitrogens with two attached hydrogens (primary N) is 1. The summed E-state index contributed by atoms with van der Waals surface area (Å²) in [4.78, 5) is 0. The van der Waals surface area contributed by atoms with Gasteiger partial charge in [0.25, 0.3) is 0 Å². The van der Waals surface area contributed by atoms with Gasteiger partial charge < -0.3 is 5.73 Å². The van der Waals surface area contributed by atoms with Crippen LogP contribution in [0.2, 0.25) is 0 Å². The molecule has 1 heterocycles. The monoisotopic (exact) mass is 287 g/mol. The third-order valence-electron chi connectivity index (χ3n) is 3.57. The molecule has 1 aromatic heterocycles. The molecular weight excluding hydrogens is 266 g/mol. The predicted molar refractivity (Wildman–Crippen MR) is 71.4 cm³/mol. The number of nitrogens with zero attached hydrogens (tertiary/aromatic N) is 2. The van der Waals surface area contributed by atoms with Crippen molar-refractivity contribution in [1.82, 2.24) is 9.78 Å². The van der Waals surface area contributed by atoms with Crippen molar-refractivity contribution < 1.29 is 0 Å². The molecule has 1 atom stereocenters. The van der Waals surface area contributed by atoms with E-state index in [4.69, 9.17) is 5.73 Å². The van der Waals surface area contributed by atoms with Gasteiger partial charge in [-0.1, -0.05) is 20.8 Å². The summed E-state index contributed by atoms with van der Waals surface area (Å²) < 4.78 is 3.03. The van der Waals surface area contributed by atoms with Crippen LogP contribution in [0.5, 0.6) is 0 Å². The van der Waals surface area contributed by atoms with Gasteiger partial charge >= 0.3 is 0 Å². The molecule has 4 heteroatoms. The van der Waals surface area contributed by atoms with Gasteiger partial charge in [0, 0.05) is 19.0 Å². The van der Waals surface area contributed by atoms with Crippen LogP contribution in [0.4, 0.5) is 0 Å². The molecule has 0 amide bonds. The Kier molecular flexibility index (Phi) is 4.18. The number of aryl methyl sites for hydroxylation is 2. The molecule has 0 aromatic carbocycles. The van der Waals surface area contributed by atoms with Crippen LogP contribution in [0, 0.1) is 12.8 Å². The summed E-state index contributed by atoms with van der Waals surface area (Å²) in [6.07, 6.45) is 1.83. The van der Waals surface area contributed by atoms with Crippen LogP contribution in [-0.4, -0.2) is 15.3 Å². The van der Waals surface area contributed by atoms with Crippen molar-refractivity contribution in [1.29, 1.82) is 0 Å². The highest BCUT2D eigenvalue weighted by Gasteiger charge is 2.29. The number of hydrogen-bond donors (Lipinski definition) is 1. The van der Waals surface area contributed by atoms with Crippen LogP contribution >= 0.6 is 15.9 Å². The summed E-state index contributed by atoms with van der Waals surface area (Å²) in [6, 6.07) is 0. The first-order valence-electron chi connectivity index (χ1n) is 5.78. The van der Waals surface area contributed by atoms with E-state index in [1.165, 1.54) is 5.69 Å². The summed E-state index contributed by atoms with van der Waals surface area (Å²) in [5, 5.41) is 4.40. The third-order valence-corrected chi connectivity index (χ3v) is 4.60. The van der Waals surface area contributed by atoms with E-state index in [2.05, 4.69) is 41.8 Å². The molecule has 0 saturated carbocycles. The number of halogens is 1. The molecule has 0 aliphatic rings. The molecule has 3 nitrogen and oxygen atoms in total. The van der Waals surface area contributed by atoms with Crippen LogP contribution in [0.25, 0.3) is 0 Å². The first-order valence-corrected chi connectivity index (χ1v) is 6.58. The van der Waals surface area contributed by atoms with Crippen molar-refractivity contribution in [3.8, 4) is 0 Å². The van der Waals surface area contributed by atoms with Crippen molar-refractivity contribution in [2.24, 2.45) is 18.7 Å². The Morgan fingerprint density at radius 1 is 1.50 bits per heavy atom. The fraction of sp³-hybridized carbons (Fsp3) is 0.750. The summed E-state index contributed by atoms with van der Waals surface area (Å²) in [6.45, 7) is 8.52. The lowest BCUT2D eigenvalue weighted by Crippen LogP contribution is -2.47. The Morgan fingerprint density at radius 2 is 2.06 bits per heavy atom. The number of rotatable bonds is 4. The van der Waals surface area contributed by atoms with Crippen LogP contribution < -0.4 is 5.73 Å². The second kappa shape index (κ2) is 4.88. The van der Waals surface area contributed by atoms with Crippen molar-refractivity contribution in [3.63, 3.8) is 0 Å². The molecule has 0 saturated heterocycles. The number of hydrogen-bond acceptors (Lipinski definition) is 2.